The van der Waals surface area contributed by atoms with Crippen LogP contribution in [0.1, 0.15) is 17.0 Å². The number of halogens is 2. The van der Waals surface area contributed by atoms with Crippen molar-refractivity contribution < 1.29 is 12.9 Å². The smallest absolute Gasteiger partial charge is 0.150 e. The van der Waals surface area contributed by atoms with Gasteiger partial charge in [0.1, 0.15) is 35.1 Å². The Kier molecular flexibility index (Phi) is 4.30. The zero-order chi connectivity index (χ0) is 24.9. The van der Waals surface area contributed by atoms with Crippen molar-refractivity contribution in [2.75, 3.05) is 23.0 Å². The molecule has 1 aliphatic rings. The van der Waals surface area contributed by atoms with Gasteiger partial charge < -0.3 is 16.0 Å². The molecule has 32 heavy (non-hydrogen) atoms. The third-order valence-corrected chi connectivity index (χ3v) is 7.48. The van der Waals surface area contributed by atoms with E-state index in [-0.39, 0.29) is 55.7 Å². The van der Waals surface area contributed by atoms with E-state index in [0.717, 1.165) is 41.3 Å². The summed E-state index contributed by atoms with van der Waals surface area (Å²) in [7, 11) is -0.208. The molecule has 6 nitrogen and oxygen atoms in total. The minimum absolute atomic E-state index is 0.00767. The average Bonchev–Trinajstić information content (AvgIpc) is 3.41. The Morgan fingerprint density at radius 2 is 1.88 bits per heavy atom. The summed E-state index contributed by atoms with van der Waals surface area (Å²) in [5, 5.41) is 0.191. The zero-order valence-corrected chi connectivity index (χ0v) is 17.8. The number of nitrogens with two attached hydrogens (primary N) is 2. The Labute approximate surface area is 190 Å². The van der Waals surface area contributed by atoms with Crippen LogP contribution in [0.25, 0.3) is 33.4 Å². The van der Waals surface area contributed by atoms with Crippen molar-refractivity contribution >= 4 is 38.9 Å². The van der Waals surface area contributed by atoms with Crippen LogP contribution in [0.2, 0.25) is 0 Å². The van der Waals surface area contributed by atoms with Crippen molar-refractivity contribution in [2.24, 2.45) is 11.3 Å². The second kappa shape index (κ2) is 7.98. The molecule has 0 aliphatic carbocycles. The highest BCUT2D eigenvalue weighted by atomic mass is 32.2. The molecule has 4 N–H and O–H groups in total. The Hall–Kier alpha value is -3.33. The highest BCUT2D eigenvalue weighted by Crippen LogP contribution is 2.43. The zero-order valence-electron chi connectivity index (χ0n) is 20.0. The lowest BCUT2D eigenvalue weighted by atomic mass is 9.98. The van der Waals surface area contributed by atoms with Crippen LogP contribution in [0.4, 0.5) is 26.0 Å². The van der Waals surface area contributed by atoms with Crippen molar-refractivity contribution in [3.05, 3.63) is 54.4 Å². The van der Waals surface area contributed by atoms with Crippen molar-refractivity contribution in [1.82, 2.24) is 14.5 Å². The fraction of sp³-hybridized carbons (Fsp3) is 0.217. The molecular weight excluding hydrogens is 430 g/mol. The second-order valence-corrected chi connectivity index (χ2v) is 9.51. The highest BCUT2D eigenvalue weighted by Gasteiger charge is 2.24. The van der Waals surface area contributed by atoms with Gasteiger partial charge in [-0.3, -0.25) is 0 Å². The molecule has 1 aliphatic heterocycles. The number of nitrogen functional groups attached to an aromatic ring is 2. The van der Waals surface area contributed by atoms with Gasteiger partial charge in [-0.2, -0.15) is 0 Å². The molecule has 0 amide bonds. The average molecular weight is 456 g/mol. The molecule has 0 atom stereocenters. The van der Waals surface area contributed by atoms with Gasteiger partial charge in [0.15, 0.2) is 0 Å². The van der Waals surface area contributed by atoms with Crippen molar-refractivity contribution in [3.63, 3.8) is 0 Å². The van der Waals surface area contributed by atoms with E-state index in [2.05, 4.69) is 14.3 Å². The van der Waals surface area contributed by atoms with Gasteiger partial charge in [0.25, 0.3) is 0 Å². The Morgan fingerprint density at radius 1 is 1.06 bits per heavy atom. The molecule has 0 bridgehead atoms. The predicted octanol–water partition coefficient (Wildman–Crippen LogP) is 4.97. The topological polar surface area (TPSA) is 95.1 Å². The van der Waals surface area contributed by atoms with E-state index in [1.165, 1.54) is 18.2 Å². The van der Waals surface area contributed by atoms with Crippen LogP contribution < -0.4 is 11.5 Å². The minimum Gasteiger partial charge on any atom is -0.399 e. The molecule has 0 spiro atoms. The molecular formula is C23H22F2N6S. The maximum Gasteiger partial charge on any atom is 0.150 e. The molecule has 164 valence electrons. The molecule has 3 heterocycles. The van der Waals surface area contributed by atoms with Crippen molar-refractivity contribution in [2.45, 2.75) is 12.8 Å². The minimum atomic E-state index is -2.75. The molecule has 2 aromatic carbocycles. The summed E-state index contributed by atoms with van der Waals surface area (Å²) >= 11 is 0. The maximum absolute atomic E-state index is 15.2. The van der Waals surface area contributed by atoms with E-state index >= 15 is 8.78 Å². The van der Waals surface area contributed by atoms with Crippen LogP contribution in [0.15, 0.2) is 47.1 Å². The van der Waals surface area contributed by atoms with E-state index in [9.17, 15) is 0 Å². The van der Waals surface area contributed by atoms with E-state index < -0.39 is 18.6 Å². The lowest BCUT2D eigenvalue weighted by molar-refractivity contribution is 0.630. The number of nitrogens with zero attached hydrogens (tertiary/aromatic N) is 4. The van der Waals surface area contributed by atoms with Crippen LogP contribution in [-0.4, -0.2) is 26.0 Å². The first-order valence-electron chi connectivity index (χ1n) is 11.5. The Morgan fingerprint density at radius 3 is 2.59 bits per heavy atom. The van der Waals surface area contributed by atoms with Gasteiger partial charge in [0.05, 0.1) is 11.1 Å². The van der Waals surface area contributed by atoms with E-state index in [1.54, 1.807) is 12.1 Å². The third-order valence-electron chi connectivity index (χ3n) is 5.50. The summed E-state index contributed by atoms with van der Waals surface area (Å²) in [5.74, 6) is 0.590. The number of hydrogen-bond acceptors (Lipinski definition) is 5. The standard InChI is InChI=1S/C23H22F2N6S/c1-31-21(15-6-5-14(26)11-16(15)24)19(20-22(27)28-12-29-23(20)31)13-4-7-18(17(25)10-13)30-32-8-2-3-9-32/h4-7,10-12H,2-3,8-9,26H2,1H3,(H2,27,28,29)/i1D3. The number of rotatable bonds is 3. The summed E-state index contributed by atoms with van der Waals surface area (Å²) in [6, 6.07) is 8.39. The molecule has 0 radical (unpaired) electrons. The first-order valence-corrected chi connectivity index (χ1v) is 11.6. The number of benzene rings is 2. The predicted molar refractivity (Wildman–Crippen MR) is 127 cm³/mol. The first-order chi connectivity index (χ1) is 16.6. The van der Waals surface area contributed by atoms with Crippen molar-refractivity contribution in [3.8, 4) is 22.4 Å². The highest BCUT2D eigenvalue weighted by molar-refractivity contribution is 7.87. The maximum atomic E-state index is 15.2. The Bertz CT molecular complexity index is 1490. The van der Waals surface area contributed by atoms with Crippen LogP contribution in [-0.2, 0) is 17.7 Å². The van der Waals surface area contributed by atoms with Gasteiger partial charge in [-0.15, -0.1) is 0 Å². The van der Waals surface area contributed by atoms with Crippen LogP contribution in [0, 0.1) is 11.6 Å². The van der Waals surface area contributed by atoms with Crippen molar-refractivity contribution in [1.29, 1.82) is 0 Å². The van der Waals surface area contributed by atoms with Gasteiger partial charge in [0.2, 0.25) is 0 Å². The lowest BCUT2D eigenvalue weighted by Gasteiger charge is -2.11. The number of aryl methyl sites for hydroxylation is 1. The number of fused-ring (bicyclic) bond motifs is 1. The number of anilines is 2. The van der Waals surface area contributed by atoms with Crippen LogP contribution >= 0.6 is 0 Å². The molecule has 4 aromatic rings. The first kappa shape index (κ1) is 17.3. The number of aromatic nitrogens is 3. The molecule has 0 unspecified atom stereocenters. The number of hydrogen-bond donors (Lipinski definition) is 2. The molecule has 1 fully saturated rings. The van der Waals surface area contributed by atoms with Gasteiger partial charge in [-0.05, 0) is 48.7 Å². The van der Waals surface area contributed by atoms with Gasteiger partial charge >= 0.3 is 0 Å². The lowest BCUT2D eigenvalue weighted by Crippen LogP contribution is -1.97. The summed E-state index contributed by atoms with van der Waals surface area (Å²) in [6.07, 6.45) is 3.30. The van der Waals surface area contributed by atoms with Crippen LogP contribution in [0.3, 0.4) is 0 Å². The quantitative estimate of drug-likeness (QED) is 0.426. The fourth-order valence-corrected chi connectivity index (χ4v) is 5.89. The van der Waals surface area contributed by atoms with E-state index in [4.69, 9.17) is 15.6 Å². The fourth-order valence-electron chi connectivity index (χ4n) is 4.00. The van der Waals surface area contributed by atoms with Crippen LogP contribution in [0.5, 0.6) is 0 Å². The summed E-state index contributed by atoms with van der Waals surface area (Å²) in [5.41, 5.74) is 12.7. The van der Waals surface area contributed by atoms with E-state index in [0.29, 0.717) is 5.56 Å². The second-order valence-electron chi connectivity index (χ2n) is 7.59. The SMILES string of the molecule is [2H]C([2H])([2H])n1c(-c2ccc(N)cc2F)c(-c2ccc(N=S3CCCC3)c(F)c2)c2c(N)ncnc21. The molecule has 5 rings (SSSR count). The summed E-state index contributed by atoms with van der Waals surface area (Å²) in [6.45, 7) is -2.75. The monoisotopic (exact) mass is 455 g/mol. The molecule has 2 aromatic heterocycles. The third kappa shape index (κ3) is 3.42. The molecule has 0 saturated carbocycles. The summed E-state index contributed by atoms with van der Waals surface area (Å²) in [4.78, 5) is 8.16. The van der Waals surface area contributed by atoms with E-state index in [1.807, 2.05) is 0 Å². The molecule has 9 heteroatoms. The normalized spacial score (nSPS) is 16.1. The molecule has 1 saturated heterocycles. The Balaban J connectivity index is 1.84. The van der Waals surface area contributed by atoms with Gasteiger partial charge in [-0.1, -0.05) is 16.8 Å². The largest absolute Gasteiger partial charge is 0.399 e. The summed E-state index contributed by atoms with van der Waals surface area (Å²) < 4.78 is 60.4. The van der Waals surface area contributed by atoms with Gasteiger partial charge in [-0.25, -0.2) is 23.1 Å². The van der Waals surface area contributed by atoms with Gasteiger partial charge in [0, 0.05) is 39.4 Å².